The number of aryl methyl sites for hydroxylation is 1. The number of aromatic nitrogens is 2. The second-order valence-electron chi connectivity index (χ2n) is 5.36. The first-order valence-corrected chi connectivity index (χ1v) is 6.80. The maximum Gasteiger partial charge on any atom is 0.310 e. The number of hydrogen-bond donors (Lipinski definition) is 1. The molecule has 0 spiro atoms. The second kappa shape index (κ2) is 5.69. The zero-order chi connectivity index (χ0) is 13.9. The van der Waals surface area contributed by atoms with Crippen molar-refractivity contribution in [3.63, 3.8) is 0 Å². The van der Waals surface area contributed by atoms with Gasteiger partial charge in [0.2, 0.25) is 11.8 Å². The van der Waals surface area contributed by atoms with Crippen LogP contribution in [0.4, 0.5) is 0 Å². The summed E-state index contributed by atoms with van der Waals surface area (Å²) in [6.45, 7) is 5.79. The molecule has 1 saturated heterocycles. The lowest BCUT2D eigenvalue weighted by molar-refractivity contribution is -0.153. The number of hydrogen-bond acceptors (Lipinski definition) is 5. The molecule has 1 aromatic heterocycles. The van der Waals surface area contributed by atoms with Crippen LogP contribution in [0.3, 0.4) is 0 Å². The van der Waals surface area contributed by atoms with Gasteiger partial charge in [-0.05, 0) is 25.8 Å². The fourth-order valence-corrected chi connectivity index (χ4v) is 2.92. The van der Waals surface area contributed by atoms with Crippen molar-refractivity contribution < 1.29 is 14.3 Å². The molecular weight excluding hydrogens is 246 g/mol. The van der Waals surface area contributed by atoms with E-state index in [-0.39, 0.29) is 0 Å². The summed E-state index contributed by atoms with van der Waals surface area (Å²) in [5, 5.41) is 17.3. The molecular formula is C13H21N3O3. The largest absolute Gasteiger partial charge is 0.481 e. The van der Waals surface area contributed by atoms with Gasteiger partial charge < -0.3 is 9.52 Å². The second-order valence-corrected chi connectivity index (χ2v) is 5.36. The average molecular weight is 267 g/mol. The van der Waals surface area contributed by atoms with Gasteiger partial charge in [0.25, 0.3) is 0 Å². The van der Waals surface area contributed by atoms with Crippen LogP contribution in [-0.4, -0.2) is 39.3 Å². The monoisotopic (exact) mass is 267 g/mol. The molecule has 0 aliphatic carbocycles. The molecule has 1 N–H and O–H groups in total. The normalized spacial score (nSPS) is 24.5. The first-order valence-electron chi connectivity index (χ1n) is 6.80. The Morgan fingerprint density at radius 3 is 2.89 bits per heavy atom. The fraction of sp³-hybridized carbons (Fsp3) is 0.769. The molecule has 1 atom stereocenters. The van der Waals surface area contributed by atoms with Gasteiger partial charge in [-0.15, -0.1) is 10.2 Å². The molecule has 19 heavy (non-hydrogen) atoms. The van der Waals surface area contributed by atoms with Crippen molar-refractivity contribution in [1.29, 1.82) is 0 Å². The van der Waals surface area contributed by atoms with Gasteiger partial charge in [-0.25, -0.2) is 0 Å². The third kappa shape index (κ3) is 3.12. The topological polar surface area (TPSA) is 79.5 Å². The van der Waals surface area contributed by atoms with Crippen LogP contribution < -0.4 is 0 Å². The zero-order valence-corrected chi connectivity index (χ0v) is 11.6. The highest BCUT2D eigenvalue weighted by atomic mass is 16.4. The summed E-state index contributed by atoms with van der Waals surface area (Å²) in [7, 11) is 0. The first kappa shape index (κ1) is 14.0. The van der Waals surface area contributed by atoms with Crippen molar-refractivity contribution in [3.05, 3.63) is 11.8 Å². The van der Waals surface area contributed by atoms with Gasteiger partial charge in [0.1, 0.15) is 0 Å². The van der Waals surface area contributed by atoms with Gasteiger partial charge in [-0.1, -0.05) is 13.3 Å². The van der Waals surface area contributed by atoms with E-state index in [1.165, 1.54) is 0 Å². The molecule has 1 fully saturated rings. The van der Waals surface area contributed by atoms with Gasteiger partial charge in [0.05, 0.1) is 12.0 Å². The van der Waals surface area contributed by atoms with Gasteiger partial charge >= 0.3 is 5.97 Å². The Morgan fingerprint density at radius 1 is 1.53 bits per heavy atom. The predicted molar refractivity (Wildman–Crippen MR) is 68.5 cm³/mol. The molecule has 2 heterocycles. The highest BCUT2D eigenvalue weighted by molar-refractivity contribution is 5.75. The van der Waals surface area contributed by atoms with Crippen LogP contribution in [0.1, 0.15) is 44.4 Å². The molecule has 0 bridgehead atoms. The number of carboxylic acids is 1. The van der Waals surface area contributed by atoms with Crippen molar-refractivity contribution in [3.8, 4) is 0 Å². The lowest BCUT2D eigenvalue weighted by Gasteiger charge is -2.39. The highest BCUT2D eigenvalue weighted by Crippen LogP contribution is 2.35. The summed E-state index contributed by atoms with van der Waals surface area (Å²) in [5.74, 6) is 0.431. The van der Waals surface area contributed by atoms with Crippen LogP contribution in [0.2, 0.25) is 0 Å². The van der Waals surface area contributed by atoms with E-state index in [9.17, 15) is 9.90 Å². The Kier molecular flexibility index (Phi) is 4.19. The van der Waals surface area contributed by atoms with E-state index in [0.717, 1.165) is 32.2 Å². The summed E-state index contributed by atoms with van der Waals surface area (Å²) in [5.41, 5.74) is -0.609. The summed E-state index contributed by atoms with van der Waals surface area (Å²) in [6.07, 6.45) is 3.27. The number of likely N-dealkylation sites (tertiary alicyclic amines) is 1. The third-order valence-corrected chi connectivity index (χ3v) is 3.76. The van der Waals surface area contributed by atoms with E-state index in [1.54, 1.807) is 6.92 Å². The minimum Gasteiger partial charge on any atom is -0.481 e. The molecule has 0 aromatic carbocycles. The Bertz CT molecular complexity index is 442. The van der Waals surface area contributed by atoms with E-state index >= 15 is 0 Å². The Labute approximate surface area is 112 Å². The Balaban J connectivity index is 2.05. The third-order valence-electron chi connectivity index (χ3n) is 3.76. The molecule has 1 aliphatic rings. The molecule has 0 radical (unpaired) electrons. The van der Waals surface area contributed by atoms with E-state index in [4.69, 9.17) is 4.42 Å². The number of rotatable bonds is 5. The molecule has 6 nitrogen and oxygen atoms in total. The standard InChI is InChI=1S/C13H21N3O3/c1-3-5-13(12(17)18)6-4-7-16(9-13)8-11-15-14-10(2)19-11/h3-9H2,1-2H3,(H,17,18). The van der Waals surface area contributed by atoms with Gasteiger partial charge in [-0.2, -0.15) is 0 Å². The lowest BCUT2D eigenvalue weighted by atomic mass is 9.76. The lowest BCUT2D eigenvalue weighted by Crippen LogP contribution is -2.47. The molecule has 0 saturated carbocycles. The number of carbonyl (C=O) groups is 1. The quantitative estimate of drug-likeness (QED) is 0.877. The maximum absolute atomic E-state index is 11.6. The number of aliphatic carboxylic acids is 1. The fourth-order valence-electron chi connectivity index (χ4n) is 2.92. The number of carboxylic acid groups (broad SMARTS) is 1. The summed E-state index contributed by atoms with van der Waals surface area (Å²) >= 11 is 0. The van der Waals surface area contributed by atoms with Gasteiger partial charge in [0, 0.05) is 13.5 Å². The van der Waals surface area contributed by atoms with Crippen LogP contribution >= 0.6 is 0 Å². The molecule has 0 amide bonds. The van der Waals surface area contributed by atoms with Crippen LogP contribution in [0.25, 0.3) is 0 Å². The van der Waals surface area contributed by atoms with E-state index in [1.807, 2.05) is 6.92 Å². The minimum atomic E-state index is -0.680. The summed E-state index contributed by atoms with van der Waals surface area (Å²) in [4.78, 5) is 13.7. The number of nitrogens with zero attached hydrogens (tertiary/aromatic N) is 3. The predicted octanol–water partition coefficient (Wildman–Crippen LogP) is 1.84. The van der Waals surface area contributed by atoms with E-state index in [2.05, 4.69) is 15.1 Å². The van der Waals surface area contributed by atoms with Crippen molar-refractivity contribution in [2.24, 2.45) is 5.41 Å². The Morgan fingerprint density at radius 2 is 2.32 bits per heavy atom. The molecule has 2 rings (SSSR count). The SMILES string of the molecule is CCCC1(C(=O)O)CCCN(Cc2nnc(C)o2)C1. The van der Waals surface area contributed by atoms with E-state index in [0.29, 0.717) is 24.9 Å². The van der Waals surface area contributed by atoms with Gasteiger partial charge in [0.15, 0.2) is 0 Å². The molecule has 1 aliphatic heterocycles. The van der Waals surface area contributed by atoms with Gasteiger partial charge in [-0.3, -0.25) is 9.69 Å². The average Bonchev–Trinajstić information content (AvgIpc) is 2.75. The van der Waals surface area contributed by atoms with Crippen LogP contribution in [0.5, 0.6) is 0 Å². The maximum atomic E-state index is 11.6. The highest BCUT2D eigenvalue weighted by Gasteiger charge is 2.41. The molecule has 1 unspecified atom stereocenters. The van der Waals surface area contributed by atoms with Crippen molar-refractivity contribution in [2.45, 2.75) is 46.1 Å². The Hall–Kier alpha value is -1.43. The number of piperidine rings is 1. The van der Waals surface area contributed by atoms with Crippen LogP contribution in [0.15, 0.2) is 4.42 Å². The smallest absolute Gasteiger partial charge is 0.310 e. The summed E-state index contributed by atoms with van der Waals surface area (Å²) in [6, 6.07) is 0. The van der Waals surface area contributed by atoms with Crippen molar-refractivity contribution in [1.82, 2.24) is 15.1 Å². The molecule has 6 heteroatoms. The zero-order valence-electron chi connectivity index (χ0n) is 11.6. The van der Waals surface area contributed by atoms with Crippen LogP contribution in [0, 0.1) is 12.3 Å². The summed E-state index contributed by atoms with van der Waals surface area (Å²) < 4.78 is 5.36. The van der Waals surface area contributed by atoms with Crippen LogP contribution in [-0.2, 0) is 11.3 Å². The molecule has 1 aromatic rings. The minimum absolute atomic E-state index is 0.541. The van der Waals surface area contributed by atoms with Crippen molar-refractivity contribution >= 4 is 5.97 Å². The van der Waals surface area contributed by atoms with Crippen molar-refractivity contribution in [2.75, 3.05) is 13.1 Å². The molecule has 106 valence electrons. The van der Waals surface area contributed by atoms with E-state index < -0.39 is 11.4 Å². The first-order chi connectivity index (χ1) is 9.05.